The van der Waals surface area contributed by atoms with E-state index in [2.05, 4.69) is 5.73 Å². The van der Waals surface area contributed by atoms with E-state index >= 15 is 0 Å². The number of rotatable bonds is 7. The maximum absolute atomic E-state index is 12.0. The predicted octanol–water partition coefficient (Wildman–Crippen LogP) is 3.73. The van der Waals surface area contributed by atoms with E-state index in [0.29, 0.717) is 19.3 Å². The van der Waals surface area contributed by atoms with Gasteiger partial charge in [-0.1, -0.05) is 33.3 Å². The minimum absolute atomic E-state index is 0.0145. The first-order valence-corrected chi connectivity index (χ1v) is 11.4. The molecule has 1 aliphatic carbocycles. The highest BCUT2D eigenvalue weighted by Crippen LogP contribution is 2.46. The zero-order chi connectivity index (χ0) is 20.9. The summed E-state index contributed by atoms with van der Waals surface area (Å²) in [5.74, 6) is -0.129. The molecule has 0 aromatic rings. The van der Waals surface area contributed by atoms with Crippen LogP contribution in [0.3, 0.4) is 0 Å². The molecule has 1 saturated carbocycles. The highest BCUT2D eigenvalue weighted by atomic mass is 32.2. The summed E-state index contributed by atoms with van der Waals surface area (Å²) < 4.78 is 29.2. The van der Waals surface area contributed by atoms with Crippen molar-refractivity contribution in [3.8, 4) is 0 Å². The molecule has 154 valence electrons. The molecule has 2 atom stereocenters. The van der Waals surface area contributed by atoms with Gasteiger partial charge in [0.1, 0.15) is 6.10 Å². The Kier molecular flexibility index (Phi) is 8.09. The highest BCUT2D eigenvalue weighted by Gasteiger charge is 2.46. The Morgan fingerprint density at radius 1 is 1.30 bits per heavy atom. The lowest BCUT2D eigenvalue weighted by molar-refractivity contribution is -0.152. The molecule has 6 heteroatoms. The molecule has 1 fully saturated rings. The summed E-state index contributed by atoms with van der Waals surface area (Å²) in [6.07, 6.45) is 5.53. The van der Waals surface area contributed by atoms with Crippen LogP contribution in [0.5, 0.6) is 0 Å². The van der Waals surface area contributed by atoms with Crippen molar-refractivity contribution in [1.29, 1.82) is 0 Å². The molecule has 0 amide bonds. The summed E-state index contributed by atoms with van der Waals surface area (Å²) in [6, 6.07) is 0. The molecule has 1 aliphatic rings. The maximum atomic E-state index is 12.0. The Morgan fingerprint density at radius 3 is 2.44 bits per heavy atom. The zero-order valence-corrected chi connectivity index (χ0v) is 18.3. The van der Waals surface area contributed by atoms with Crippen molar-refractivity contribution in [2.45, 2.75) is 78.9 Å². The normalized spacial score (nSPS) is 25.7. The van der Waals surface area contributed by atoms with Crippen LogP contribution in [-0.4, -0.2) is 42.7 Å². The van der Waals surface area contributed by atoms with Crippen LogP contribution in [0.15, 0.2) is 29.0 Å². The first-order chi connectivity index (χ1) is 12.3. The van der Waals surface area contributed by atoms with Gasteiger partial charge < -0.3 is 9.84 Å². The van der Waals surface area contributed by atoms with Gasteiger partial charge in [0, 0.05) is 18.9 Å². The number of esters is 1. The zero-order valence-electron chi connectivity index (χ0n) is 17.5. The van der Waals surface area contributed by atoms with Gasteiger partial charge in [0.05, 0.1) is 17.1 Å². The standard InChI is InChI=1S/C21H34O5S/c1-7-8-12-27(24,25)13-11-16(2)9-10-19-20(4,5)14-18(26-17(3)22)15-21(19,6)23/h9,11,18,23H,7-8,12-15H2,1-6H3/b16-11+. The Morgan fingerprint density at radius 2 is 1.93 bits per heavy atom. The Bertz CT molecular complexity index is 715. The number of sulfone groups is 1. The summed E-state index contributed by atoms with van der Waals surface area (Å²) in [4.78, 5) is 11.3. The minimum Gasteiger partial charge on any atom is -0.462 e. The molecule has 1 rings (SSSR count). The van der Waals surface area contributed by atoms with Crippen LogP contribution in [-0.2, 0) is 19.4 Å². The average Bonchev–Trinajstić information content (AvgIpc) is 2.48. The number of carbonyl (C=O) groups is 1. The second-order valence-electron chi connectivity index (χ2n) is 8.38. The van der Waals surface area contributed by atoms with Crippen LogP contribution >= 0.6 is 0 Å². The van der Waals surface area contributed by atoms with Crippen molar-refractivity contribution < 1.29 is 23.1 Å². The lowest BCUT2D eigenvalue weighted by Crippen LogP contribution is -2.46. The summed E-state index contributed by atoms with van der Waals surface area (Å²) in [7, 11) is -3.08. The largest absolute Gasteiger partial charge is 0.462 e. The first-order valence-electron chi connectivity index (χ1n) is 9.53. The first kappa shape index (κ1) is 23.7. The van der Waals surface area contributed by atoms with Gasteiger partial charge in [0.2, 0.25) is 0 Å². The fourth-order valence-corrected chi connectivity index (χ4v) is 5.05. The molecule has 0 radical (unpaired) electrons. The van der Waals surface area contributed by atoms with Gasteiger partial charge in [0.15, 0.2) is 9.84 Å². The summed E-state index contributed by atoms with van der Waals surface area (Å²) in [5.41, 5.74) is 3.17. The quantitative estimate of drug-likeness (QED) is 0.401. The third kappa shape index (κ3) is 7.65. The summed E-state index contributed by atoms with van der Waals surface area (Å²) in [5, 5.41) is 10.9. The Balaban J connectivity index is 3.02. The lowest BCUT2D eigenvalue weighted by Gasteiger charge is -2.44. The van der Waals surface area contributed by atoms with Gasteiger partial charge in [-0.3, -0.25) is 4.79 Å². The molecule has 2 unspecified atom stereocenters. The van der Waals surface area contributed by atoms with E-state index in [1.807, 2.05) is 27.7 Å². The van der Waals surface area contributed by atoms with Crippen molar-refractivity contribution in [2.24, 2.45) is 5.41 Å². The van der Waals surface area contributed by atoms with Gasteiger partial charge in [-0.05, 0) is 43.8 Å². The molecule has 0 saturated heterocycles. The molecule has 1 N–H and O–H groups in total. The molecule has 0 aromatic carbocycles. The highest BCUT2D eigenvalue weighted by molar-refractivity contribution is 7.91. The molecule has 0 spiro atoms. The van der Waals surface area contributed by atoms with Crippen LogP contribution in [0.25, 0.3) is 0 Å². The molecule has 0 aliphatic heterocycles. The summed E-state index contributed by atoms with van der Waals surface area (Å²) in [6.45, 7) is 10.8. The number of hydrogen-bond acceptors (Lipinski definition) is 5. The lowest BCUT2D eigenvalue weighted by atomic mass is 9.65. The van der Waals surface area contributed by atoms with Crippen LogP contribution < -0.4 is 0 Å². The van der Waals surface area contributed by atoms with Crippen molar-refractivity contribution in [2.75, 3.05) is 11.5 Å². The van der Waals surface area contributed by atoms with E-state index in [4.69, 9.17) is 4.74 Å². The number of unbranched alkanes of at least 4 members (excludes halogenated alkanes) is 1. The average molecular weight is 399 g/mol. The Hall–Kier alpha value is -1.36. The van der Waals surface area contributed by atoms with Crippen LogP contribution in [0.4, 0.5) is 0 Å². The number of ether oxygens (including phenoxy) is 1. The number of aliphatic hydroxyl groups is 1. The third-order valence-corrected chi connectivity index (χ3v) is 6.41. The van der Waals surface area contributed by atoms with E-state index in [1.54, 1.807) is 19.1 Å². The third-order valence-electron chi connectivity index (χ3n) is 4.82. The van der Waals surface area contributed by atoms with E-state index in [0.717, 1.165) is 17.6 Å². The monoisotopic (exact) mass is 398 g/mol. The van der Waals surface area contributed by atoms with E-state index < -0.39 is 20.9 Å². The number of hydrogen-bond donors (Lipinski definition) is 1. The topological polar surface area (TPSA) is 80.7 Å². The molecular formula is C21H34O5S. The fraction of sp³-hybridized carbons (Fsp3) is 0.714. The number of carbonyl (C=O) groups excluding carboxylic acids is 1. The van der Waals surface area contributed by atoms with Crippen molar-refractivity contribution in [3.05, 3.63) is 29.0 Å². The second kappa shape index (κ2) is 9.22. The molecule has 0 bridgehead atoms. The van der Waals surface area contributed by atoms with Crippen LogP contribution in [0.1, 0.15) is 67.2 Å². The molecular weight excluding hydrogens is 364 g/mol. The SMILES string of the molecule is CCCCS(=O)(=O)C/C=C(\C)C=C=C1C(C)(C)CC(OC(C)=O)CC1(C)O. The second-order valence-corrected chi connectivity index (χ2v) is 10.6. The van der Waals surface area contributed by atoms with Crippen molar-refractivity contribution in [1.82, 2.24) is 0 Å². The molecule has 0 aromatic heterocycles. The molecule has 5 nitrogen and oxygen atoms in total. The van der Waals surface area contributed by atoms with E-state index in [-0.39, 0.29) is 23.6 Å². The number of allylic oxidation sites excluding steroid dienone is 1. The van der Waals surface area contributed by atoms with Gasteiger partial charge >= 0.3 is 5.97 Å². The van der Waals surface area contributed by atoms with Crippen molar-refractivity contribution in [3.63, 3.8) is 0 Å². The molecule has 27 heavy (non-hydrogen) atoms. The maximum Gasteiger partial charge on any atom is 0.302 e. The predicted molar refractivity (Wildman–Crippen MR) is 108 cm³/mol. The van der Waals surface area contributed by atoms with E-state index in [9.17, 15) is 18.3 Å². The Labute approximate surface area is 164 Å². The van der Waals surface area contributed by atoms with Gasteiger partial charge in [-0.2, -0.15) is 0 Å². The van der Waals surface area contributed by atoms with Gasteiger partial charge in [0.25, 0.3) is 0 Å². The van der Waals surface area contributed by atoms with Crippen LogP contribution in [0, 0.1) is 5.41 Å². The van der Waals surface area contributed by atoms with Crippen molar-refractivity contribution >= 4 is 15.8 Å². The summed E-state index contributed by atoms with van der Waals surface area (Å²) >= 11 is 0. The molecule has 0 heterocycles. The smallest absolute Gasteiger partial charge is 0.302 e. The van der Waals surface area contributed by atoms with Gasteiger partial charge in [-0.15, -0.1) is 5.73 Å². The van der Waals surface area contributed by atoms with E-state index in [1.165, 1.54) is 6.92 Å². The van der Waals surface area contributed by atoms with Gasteiger partial charge in [-0.25, -0.2) is 8.42 Å². The fourth-order valence-electron chi connectivity index (χ4n) is 3.64. The van der Waals surface area contributed by atoms with Crippen LogP contribution in [0.2, 0.25) is 0 Å². The minimum atomic E-state index is -3.08.